The molecule has 0 bridgehead atoms. The lowest BCUT2D eigenvalue weighted by atomic mass is 10.2. The second kappa shape index (κ2) is 7.21. The first-order valence-corrected chi connectivity index (χ1v) is 6.52. The Morgan fingerprint density at radius 3 is 2.55 bits per heavy atom. The number of hydrogen-bond acceptors (Lipinski definition) is 4. The molecule has 0 spiro atoms. The van der Waals surface area contributed by atoms with Gasteiger partial charge in [0, 0.05) is 13.1 Å². The zero-order valence-electron chi connectivity index (χ0n) is 12.5. The number of nitrogens with two attached hydrogens (primary N) is 1. The van der Waals surface area contributed by atoms with Crippen LogP contribution in [0, 0.1) is 5.82 Å². The summed E-state index contributed by atoms with van der Waals surface area (Å²) in [6.07, 6.45) is 0. The number of nitrogens with one attached hydrogen (secondary N) is 1. The van der Waals surface area contributed by atoms with Gasteiger partial charge in [0.05, 0.1) is 17.4 Å². The number of hydrogen-bond donors (Lipinski definition) is 2. The summed E-state index contributed by atoms with van der Waals surface area (Å²) in [5.41, 5.74) is 6.33. The zero-order chi connectivity index (χ0) is 15.3. The van der Waals surface area contributed by atoms with E-state index in [4.69, 9.17) is 5.73 Å². The number of carbonyl (C=O) groups is 1. The largest absolute Gasteiger partial charge is 0.397 e. The minimum Gasteiger partial charge on any atom is -0.397 e. The van der Waals surface area contributed by atoms with Crippen LogP contribution in [0.1, 0.15) is 6.92 Å². The van der Waals surface area contributed by atoms with Gasteiger partial charge < -0.3 is 16.0 Å². The summed E-state index contributed by atoms with van der Waals surface area (Å²) in [4.78, 5) is 16.1. The van der Waals surface area contributed by atoms with Crippen LogP contribution in [0.2, 0.25) is 0 Å². The van der Waals surface area contributed by atoms with Gasteiger partial charge in [-0.25, -0.2) is 4.39 Å². The minimum absolute atomic E-state index is 0.162. The minimum atomic E-state index is -0.420. The van der Waals surface area contributed by atoms with Gasteiger partial charge in [-0.3, -0.25) is 9.69 Å². The van der Waals surface area contributed by atoms with Crippen molar-refractivity contribution in [1.29, 1.82) is 0 Å². The smallest absolute Gasteiger partial charge is 0.241 e. The van der Waals surface area contributed by atoms with Crippen molar-refractivity contribution < 1.29 is 9.18 Å². The number of nitrogens with zero attached hydrogens (tertiary/aromatic N) is 2. The predicted molar refractivity (Wildman–Crippen MR) is 80.1 cm³/mol. The molecule has 1 aromatic rings. The number of rotatable bonds is 6. The monoisotopic (exact) mass is 282 g/mol. The molecule has 0 aliphatic carbocycles. The van der Waals surface area contributed by atoms with Crippen LogP contribution in [0.4, 0.5) is 15.8 Å². The second-order valence-electron chi connectivity index (χ2n) is 5.18. The highest BCUT2D eigenvalue weighted by Crippen LogP contribution is 2.19. The fraction of sp³-hybridized carbons (Fsp3) is 0.500. The number of benzene rings is 1. The topological polar surface area (TPSA) is 61.6 Å². The van der Waals surface area contributed by atoms with E-state index in [9.17, 15) is 9.18 Å². The Balaban J connectivity index is 2.61. The Bertz CT molecular complexity index is 464. The molecule has 1 amide bonds. The average Bonchev–Trinajstić information content (AvgIpc) is 2.38. The SMILES string of the molecule is CC(C(=O)Nc1ccc(F)cc1N)N(C)CCN(C)C. The summed E-state index contributed by atoms with van der Waals surface area (Å²) in [5.74, 6) is -0.582. The average molecular weight is 282 g/mol. The summed E-state index contributed by atoms with van der Waals surface area (Å²) in [6, 6.07) is 3.64. The molecule has 0 radical (unpaired) electrons. The third kappa shape index (κ3) is 4.79. The van der Waals surface area contributed by atoms with E-state index >= 15 is 0 Å². The van der Waals surface area contributed by atoms with Crippen molar-refractivity contribution >= 4 is 17.3 Å². The predicted octanol–water partition coefficient (Wildman–Crippen LogP) is 1.23. The summed E-state index contributed by atoms with van der Waals surface area (Å²) < 4.78 is 12.9. The van der Waals surface area contributed by atoms with Crippen molar-refractivity contribution in [2.24, 2.45) is 0 Å². The number of nitrogen functional groups attached to an aromatic ring is 1. The Morgan fingerprint density at radius 2 is 2.00 bits per heavy atom. The molecule has 0 aliphatic rings. The van der Waals surface area contributed by atoms with Gasteiger partial charge in [-0.2, -0.15) is 0 Å². The first-order valence-electron chi connectivity index (χ1n) is 6.52. The lowest BCUT2D eigenvalue weighted by molar-refractivity contribution is -0.120. The standard InChI is InChI=1S/C14H23FN4O/c1-10(19(4)8-7-18(2)3)14(20)17-13-6-5-11(15)9-12(13)16/h5-6,9-10H,7-8,16H2,1-4H3,(H,17,20). The molecule has 0 heterocycles. The van der Waals surface area contributed by atoms with Crippen molar-refractivity contribution in [3.8, 4) is 0 Å². The molecule has 1 rings (SSSR count). The van der Waals surface area contributed by atoms with Gasteiger partial charge in [-0.05, 0) is 46.3 Å². The molecule has 5 nitrogen and oxygen atoms in total. The summed E-state index contributed by atoms with van der Waals surface area (Å²) in [7, 11) is 5.86. The van der Waals surface area contributed by atoms with Crippen molar-refractivity contribution in [3.63, 3.8) is 0 Å². The number of likely N-dealkylation sites (N-methyl/N-ethyl adjacent to an activating group) is 2. The molecule has 112 valence electrons. The van der Waals surface area contributed by atoms with E-state index in [2.05, 4.69) is 10.2 Å². The Morgan fingerprint density at radius 1 is 1.35 bits per heavy atom. The summed E-state index contributed by atoms with van der Waals surface area (Å²) in [6.45, 7) is 3.47. The van der Waals surface area contributed by atoms with Gasteiger partial charge in [0.25, 0.3) is 0 Å². The van der Waals surface area contributed by atoms with Gasteiger partial charge >= 0.3 is 0 Å². The quantitative estimate of drug-likeness (QED) is 0.770. The Labute approximate surface area is 119 Å². The van der Waals surface area contributed by atoms with E-state index in [0.29, 0.717) is 5.69 Å². The van der Waals surface area contributed by atoms with E-state index in [1.165, 1.54) is 18.2 Å². The molecular formula is C14H23FN4O. The van der Waals surface area contributed by atoms with E-state index in [1.54, 1.807) is 0 Å². The maximum Gasteiger partial charge on any atom is 0.241 e. The van der Waals surface area contributed by atoms with Crippen molar-refractivity contribution in [2.75, 3.05) is 45.3 Å². The van der Waals surface area contributed by atoms with Gasteiger partial charge in [0.2, 0.25) is 5.91 Å². The van der Waals surface area contributed by atoms with Crippen LogP contribution in [0.15, 0.2) is 18.2 Å². The summed E-state index contributed by atoms with van der Waals surface area (Å²) in [5, 5.41) is 2.72. The zero-order valence-corrected chi connectivity index (χ0v) is 12.5. The highest BCUT2D eigenvalue weighted by molar-refractivity contribution is 5.97. The Hall–Kier alpha value is -1.66. The number of carbonyl (C=O) groups excluding carboxylic acids is 1. The fourth-order valence-corrected chi connectivity index (χ4v) is 1.64. The molecular weight excluding hydrogens is 259 g/mol. The van der Waals surface area contributed by atoms with E-state index < -0.39 is 5.82 Å². The molecule has 6 heteroatoms. The van der Waals surface area contributed by atoms with Gasteiger partial charge in [0.1, 0.15) is 5.82 Å². The molecule has 0 saturated heterocycles. The number of halogens is 1. The molecule has 20 heavy (non-hydrogen) atoms. The highest BCUT2D eigenvalue weighted by atomic mass is 19.1. The van der Waals surface area contributed by atoms with Crippen LogP contribution in [0.5, 0.6) is 0 Å². The second-order valence-corrected chi connectivity index (χ2v) is 5.18. The lowest BCUT2D eigenvalue weighted by Gasteiger charge is -2.25. The number of amides is 1. The molecule has 0 aromatic heterocycles. The molecule has 1 atom stereocenters. The van der Waals surface area contributed by atoms with Crippen LogP contribution in [0.3, 0.4) is 0 Å². The normalized spacial score (nSPS) is 12.8. The third-order valence-electron chi connectivity index (χ3n) is 3.21. The van der Waals surface area contributed by atoms with E-state index in [1.807, 2.05) is 33.0 Å². The van der Waals surface area contributed by atoms with Crippen molar-refractivity contribution in [3.05, 3.63) is 24.0 Å². The first-order chi connectivity index (χ1) is 9.31. The van der Waals surface area contributed by atoms with Crippen LogP contribution in [0.25, 0.3) is 0 Å². The molecule has 1 unspecified atom stereocenters. The maximum absolute atomic E-state index is 12.9. The van der Waals surface area contributed by atoms with E-state index in [0.717, 1.165) is 13.1 Å². The van der Waals surface area contributed by atoms with Crippen LogP contribution >= 0.6 is 0 Å². The van der Waals surface area contributed by atoms with Crippen molar-refractivity contribution in [1.82, 2.24) is 9.80 Å². The van der Waals surface area contributed by atoms with E-state index in [-0.39, 0.29) is 17.6 Å². The highest BCUT2D eigenvalue weighted by Gasteiger charge is 2.18. The van der Waals surface area contributed by atoms with Gasteiger partial charge in [-0.1, -0.05) is 0 Å². The third-order valence-corrected chi connectivity index (χ3v) is 3.21. The summed E-state index contributed by atoms with van der Waals surface area (Å²) >= 11 is 0. The van der Waals surface area contributed by atoms with Crippen LogP contribution in [-0.2, 0) is 4.79 Å². The molecule has 0 aliphatic heterocycles. The lowest BCUT2D eigenvalue weighted by Crippen LogP contribution is -2.42. The Kier molecular flexibility index (Phi) is 5.91. The van der Waals surface area contributed by atoms with Crippen LogP contribution in [-0.4, -0.2) is 56.0 Å². The molecule has 1 aromatic carbocycles. The molecule has 0 fully saturated rings. The van der Waals surface area contributed by atoms with Crippen LogP contribution < -0.4 is 11.1 Å². The first kappa shape index (κ1) is 16.4. The molecule has 0 saturated carbocycles. The van der Waals surface area contributed by atoms with Gasteiger partial charge in [0.15, 0.2) is 0 Å². The maximum atomic E-state index is 12.9. The van der Waals surface area contributed by atoms with Gasteiger partial charge in [-0.15, -0.1) is 0 Å². The fourth-order valence-electron chi connectivity index (χ4n) is 1.64. The number of anilines is 2. The molecule has 3 N–H and O–H groups in total. The van der Waals surface area contributed by atoms with Crippen molar-refractivity contribution in [2.45, 2.75) is 13.0 Å².